The first-order chi connectivity index (χ1) is 14.8. The molecule has 0 fully saturated rings. The Morgan fingerprint density at radius 3 is 2.61 bits per heavy atom. The summed E-state index contributed by atoms with van der Waals surface area (Å²) in [5.41, 5.74) is 6.02. The van der Waals surface area contributed by atoms with Gasteiger partial charge in [0.15, 0.2) is 0 Å². The number of phenolic OH excluding ortho intramolecular Hbond substituents is 1. The zero-order valence-corrected chi connectivity index (χ0v) is 19.2. The van der Waals surface area contributed by atoms with Gasteiger partial charge in [0.2, 0.25) is 0 Å². The van der Waals surface area contributed by atoms with Crippen molar-refractivity contribution in [3.63, 3.8) is 0 Å². The number of phenols is 1. The summed E-state index contributed by atoms with van der Waals surface area (Å²) in [7, 11) is 1.78. The molecule has 0 aliphatic rings. The van der Waals surface area contributed by atoms with Gasteiger partial charge in [-0.25, -0.2) is 9.59 Å². The van der Waals surface area contributed by atoms with Crippen LogP contribution >= 0.6 is 15.9 Å². The van der Waals surface area contributed by atoms with Crippen LogP contribution in [0, 0.1) is 12.3 Å². The van der Waals surface area contributed by atoms with E-state index in [1.807, 2.05) is 0 Å². The average Bonchev–Trinajstić information content (AvgIpc) is 2.71. The van der Waals surface area contributed by atoms with Gasteiger partial charge in [0.1, 0.15) is 11.3 Å². The van der Waals surface area contributed by atoms with Crippen molar-refractivity contribution in [2.45, 2.75) is 38.8 Å². The van der Waals surface area contributed by atoms with Crippen LogP contribution in [0.3, 0.4) is 0 Å². The average molecular weight is 494 g/mol. The Labute approximate surface area is 189 Å². The number of rotatable bonds is 11. The number of aromatic hydroxyl groups is 1. The highest BCUT2D eigenvalue weighted by Crippen LogP contribution is 2.36. The molecule has 0 atom stereocenters. The zero-order valence-electron chi connectivity index (χ0n) is 17.6. The van der Waals surface area contributed by atoms with E-state index in [2.05, 4.69) is 21.9 Å². The van der Waals surface area contributed by atoms with Crippen LogP contribution in [0.5, 0.6) is 5.75 Å². The van der Waals surface area contributed by atoms with Crippen molar-refractivity contribution in [1.29, 1.82) is 0 Å². The van der Waals surface area contributed by atoms with Gasteiger partial charge in [0.25, 0.3) is 0 Å². The molecule has 0 aliphatic carbocycles. The lowest BCUT2D eigenvalue weighted by atomic mass is 10.0. The summed E-state index contributed by atoms with van der Waals surface area (Å²) in [5.74, 6) is 2.48. The van der Waals surface area contributed by atoms with Gasteiger partial charge in [-0.1, -0.05) is 18.8 Å². The molecule has 2 aromatic rings. The number of unbranched alkanes of at least 4 members (excludes halogenated alkanes) is 3. The molecule has 2 rings (SSSR count). The summed E-state index contributed by atoms with van der Waals surface area (Å²) < 4.78 is 5.84. The summed E-state index contributed by atoms with van der Waals surface area (Å²) in [6, 6.07) is 2.93. The van der Waals surface area contributed by atoms with Crippen LogP contribution in [0.2, 0.25) is 0 Å². The molecule has 0 unspecified atom stereocenters. The van der Waals surface area contributed by atoms with Crippen LogP contribution in [-0.2, 0) is 13.1 Å². The summed E-state index contributed by atoms with van der Waals surface area (Å²) in [6.45, 7) is 1.59. The molecule has 4 N–H and O–H groups in total. The Morgan fingerprint density at radius 2 is 1.97 bits per heavy atom. The quantitative estimate of drug-likeness (QED) is 0.249. The standard InChI is InChI=1S/C22H28BrN3O5/c1-3-9-25(2)14-17-20(28)18(23)12-16-15(11-19(27)31-21(16)17)13-26(22(29)30)10-7-5-4-6-8-24/h1,11-12,28H,4-10,13-14,24H2,2H3,(H,29,30). The number of hydrogen-bond donors (Lipinski definition) is 3. The van der Waals surface area contributed by atoms with E-state index in [4.69, 9.17) is 16.6 Å². The van der Waals surface area contributed by atoms with Crippen LogP contribution in [0.4, 0.5) is 4.79 Å². The number of benzene rings is 1. The molecule has 1 aromatic carbocycles. The maximum absolute atomic E-state index is 12.3. The molecule has 8 nitrogen and oxygen atoms in total. The van der Waals surface area contributed by atoms with Crippen LogP contribution in [0.25, 0.3) is 11.0 Å². The predicted molar refractivity (Wildman–Crippen MR) is 123 cm³/mol. The normalized spacial score (nSPS) is 11.1. The first-order valence-electron chi connectivity index (χ1n) is 10.1. The largest absolute Gasteiger partial charge is 0.506 e. The Bertz CT molecular complexity index is 1010. The predicted octanol–water partition coefficient (Wildman–Crippen LogP) is 3.33. The lowest BCUT2D eigenvalue weighted by molar-refractivity contribution is 0.141. The molecule has 168 valence electrons. The van der Waals surface area contributed by atoms with Gasteiger partial charge in [-0.3, -0.25) is 4.90 Å². The molecule has 1 heterocycles. The highest BCUT2D eigenvalue weighted by molar-refractivity contribution is 9.10. The molecular weight excluding hydrogens is 466 g/mol. The van der Waals surface area contributed by atoms with Gasteiger partial charge in [0, 0.05) is 31.1 Å². The third kappa shape index (κ3) is 6.72. The Morgan fingerprint density at radius 1 is 1.26 bits per heavy atom. The molecule has 31 heavy (non-hydrogen) atoms. The second kappa shape index (κ2) is 11.7. The van der Waals surface area contributed by atoms with Gasteiger partial charge < -0.3 is 25.3 Å². The van der Waals surface area contributed by atoms with E-state index in [1.165, 1.54) is 11.0 Å². The van der Waals surface area contributed by atoms with E-state index >= 15 is 0 Å². The Hall–Kier alpha value is -2.54. The number of fused-ring (bicyclic) bond motifs is 1. The van der Waals surface area contributed by atoms with E-state index in [0.717, 1.165) is 19.3 Å². The smallest absolute Gasteiger partial charge is 0.407 e. The Kier molecular flexibility index (Phi) is 9.37. The summed E-state index contributed by atoms with van der Waals surface area (Å²) in [5, 5.41) is 20.7. The second-order valence-electron chi connectivity index (χ2n) is 7.44. The van der Waals surface area contributed by atoms with Crippen molar-refractivity contribution >= 4 is 33.0 Å². The molecule has 0 saturated carbocycles. The highest BCUT2D eigenvalue weighted by Gasteiger charge is 2.20. The van der Waals surface area contributed by atoms with Gasteiger partial charge in [0.05, 0.1) is 16.6 Å². The fourth-order valence-corrected chi connectivity index (χ4v) is 3.86. The van der Waals surface area contributed by atoms with Gasteiger partial charge in [-0.15, -0.1) is 6.42 Å². The molecule has 9 heteroatoms. The van der Waals surface area contributed by atoms with E-state index in [9.17, 15) is 19.8 Å². The van der Waals surface area contributed by atoms with E-state index in [-0.39, 0.29) is 24.4 Å². The van der Waals surface area contributed by atoms with Gasteiger partial charge in [-0.05, 0) is 54.0 Å². The maximum Gasteiger partial charge on any atom is 0.407 e. The fraction of sp³-hybridized carbons (Fsp3) is 0.455. The minimum absolute atomic E-state index is 0.0329. The van der Waals surface area contributed by atoms with Crippen LogP contribution < -0.4 is 11.4 Å². The molecule has 0 bridgehead atoms. The minimum Gasteiger partial charge on any atom is -0.506 e. The van der Waals surface area contributed by atoms with Crippen molar-refractivity contribution in [1.82, 2.24) is 9.80 Å². The zero-order chi connectivity index (χ0) is 23.0. The van der Waals surface area contributed by atoms with Crippen molar-refractivity contribution < 1.29 is 19.4 Å². The summed E-state index contributed by atoms with van der Waals surface area (Å²) in [6.07, 6.45) is 7.74. The number of terminal acetylenes is 1. The lowest BCUT2D eigenvalue weighted by Gasteiger charge is -2.21. The maximum atomic E-state index is 12.3. The number of hydrogen-bond acceptors (Lipinski definition) is 6. The second-order valence-corrected chi connectivity index (χ2v) is 8.29. The monoisotopic (exact) mass is 493 g/mol. The van der Waals surface area contributed by atoms with Gasteiger partial charge in [-0.2, -0.15) is 0 Å². The first kappa shape index (κ1) is 24.7. The van der Waals surface area contributed by atoms with Crippen LogP contribution in [0.15, 0.2) is 25.8 Å². The van der Waals surface area contributed by atoms with Crippen molar-refractivity contribution in [3.05, 3.63) is 38.2 Å². The number of halogens is 1. The van der Waals surface area contributed by atoms with Gasteiger partial charge >= 0.3 is 11.7 Å². The topological polar surface area (TPSA) is 120 Å². The van der Waals surface area contributed by atoms with Crippen molar-refractivity contribution in [2.24, 2.45) is 5.73 Å². The number of amides is 1. The number of carbonyl (C=O) groups is 1. The molecule has 0 radical (unpaired) electrons. The number of nitrogens with two attached hydrogens (primary N) is 1. The number of nitrogens with zero attached hydrogens (tertiary/aromatic N) is 2. The molecule has 1 amide bonds. The van der Waals surface area contributed by atoms with Crippen LogP contribution in [-0.4, -0.2) is 52.8 Å². The Balaban J connectivity index is 2.41. The molecule has 1 aromatic heterocycles. The van der Waals surface area contributed by atoms with Crippen molar-refractivity contribution in [3.8, 4) is 18.1 Å². The fourth-order valence-electron chi connectivity index (χ4n) is 3.39. The SMILES string of the molecule is C#CCN(C)Cc1c(O)c(Br)cc2c(CN(CCCCCCN)C(=O)O)cc(=O)oc12. The molecule has 0 saturated heterocycles. The summed E-state index contributed by atoms with van der Waals surface area (Å²) >= 11 is 3.34. The van der Waals surface area contributed by atoms with E-state index in [1.54, 1.807) is 18.0 Å². The summed E-state index contributed by atoms with van der Waals surface area (Å²) in [4.78, 5) is 27.1. The highest BCUT2D eigenvalue weighted by atomic mass is 79.9. The lowest BCUT2D eigenvalue weighted by Crippen LogP contribution is -2.30. The minimum atomic E-state index is -1.06. The number of carboxylic acid groups (broad SMARTS) is 1. The third-order valence-corrected chi connectivity index (χ3v) is 5.55. The van der Waals surface area contributed by atoms with E-state index in [0.29, 0.717) is 47.0 Å². The van der Waals surface area contributed by atoms with Crippen LogP contribution in [0.1, 0.15) is 36.8 Å². The first-order valence-corrected chi connectivity index (χ1v) is 10.8. The third-order valence-electron chi connectivity index (χ3n) is 4.95. The van der Waals surface area contributed by atoms with Crippen molar-refractivity contribution in [2.75, 3.05) is 26.7 Å². The molecule has 0 spiro atoms. The van der Waals surface area contributed by atoms with E-state index < -0.39 is 11.7 Å². The molecular formula is C22H28BrN3O5. The molecule has 0 aliphatic heterocycles.